The number of rotatable bonds is 33. The van der Waals surface area contributed by atoms with E-state index in [9.17, 15) is 9.90 Å². The first-order chi connectivity index (χ1) is 20.4. The third-order valence-electron chi connectivity index (χ3n) is 10.9. The monoisotopic (exact) mass is 593 g/mol. The average molecular weight is 593 g/mol. The third-order valence-corrected chi connectivity index (χ3v) is 10.9. The zero-order valence-electron chi connectivity index (χ0n) is 30.1. The van der Waals surface area contributed by atoms with E-state index in [0.29, 0.717) is 5.41 Å². The molecule has 1 unspecified atom stereocenters. The minimum atomic E-state index is -0.500. The van der Waals surface area contributed by atoms with Gasteiger partial charge in [-0.3, -0.25) is 4.79 Å². The van der Waals surface area contributed by atoms with Crippen molar-refractivity contribution in [1.29, 1.82) is 0 Å². The topological polar surface area (TPSA) is 37.3 Å². The molecule has 0 saturated carbocycles. The first-order valence-corrected chi connectivity index (χ1v) is 19.6. The molecule has 1 atom stereocenters. The van der Waals surface area contributed by atoms with Crippen molar-refractivity contribution in [3.05, 3.63) is 0 Å². The van der Waals surface area contributed by atoms with Gasteiger partial charge in [0.1, 0.15) is 0 Å². The molecule has 0 spiro atoms. The van der Waals surface area contributed by atoms with Crippen molar-refractivity contribution in [3.8, 4) is 0 Å². The molecule has 0 aliphatic heterocycles. The van der Waals surface area contributed by atoms with Crippen LogP contribution in [0.4, 0.5) is 0 Å². The summed E-state index contributed by atoms with van der Waals surface area (Å²) in [6.07, 6.45) is 37.9. The van der Waals surface area contributed by atoms with Crippen LogP contribution < -0.4 is 0 Å². The van der Waals surface area contributed by atoms with Gasteiger partial charge in [-0.15, -0.1) is 0 Å². The Morgan fingerprint density at radius 2 is 0.762 bits per heavy atom. The number of hydrogen-bond donors (Lipinski definition) is 1. The Morgan fingerprint density at radius 1 is 0.452 bits per heavy atom. The summed E-state index contributed by atoms with van der Waals surface area (Å²) in [5.74, 6) is 0.301. The minimum absolute atomic E-state index is 0.485. The lowest BCUT2D eigenvalue weighted by molar-refractivity contribution is -0.150. The summed E-state index contributed by atoms with van der Waals surface area (Å²) < 4.78 is 0. The highest BCUT2D eigenvalue weighted by molar-refractivity contribution is 5.74. The van der Waals surface area contributed by atoms with Gasteiger partial charge in [-0.25, -0.2) is 0 Å². The lowest BCUT2D eigenvalue weighted by Crippen LogP contribution is -2.32. The van der Waals surface area contributed by atoms with E-state index >= 15 is 0 Å². The van der Waals surface area contributed by atoms with Gasteiger partial charge in [0.2, 0.25) is 0 Å². The molecule has 0 aromatic carbocycles. The van der Waals surface area contributed by atoms with Crippen LogP contribution >= 0.6 is 0 Å². The molecule has 2 heteroatoms. The van der Waals surface area contributed by atoms with Crippen molar-refractivity contribution in [2.45, 2.75) is 234 Å². The Balaban J connectivity index is 5.61. The van der Waals surface area contributed by atoms with Crippen LogP contribution in [-0.2, 0) is 4.79 Å². The molecule has 252 valence electrons. The van der Waals surface area contributed by atoms with Crippen LogP contribution in [0.5, 0.6) is 0 Å². The van der Waals surface area contributed by atoms with E-state index in [4.69, 9.17) is 0 Å². The lowest BCUT2D eigenvalue weighted by Gasteiger charge is -2.42. The molecule has 0 aliphatic rings. The van der Waals surface area contributed by atoms with Gasteiger partial charge in [-0.05, 0) is 56.3 Å². The molecule has 0 radical (unpaired) electrons. The summed E-state index contributed by atoms with van der Waals surface area (Å²) in [5, 5.41) is 10.5. The molecule has 1 N–H and O–H groups in total. The Kier molecular flexibility index (Phi) is 27.6. The SMILES string of the molecule is CCCCCCC(CCCCCC)(CCCCC(CC)C(CCCCCC)(CCCCCC)CCCCCC)C(=O)O. The van der Waals surface area contributed by atoms with Gasteiger partial charge in [0, 0.05) is 0 Å². The van der Waals surface area contributed by atoms with Gasteiger partial charge in [0.15, 0.2) is 0 Å². The predicted octanol–water partition coefficient (Wildman–Crippen LogP) is 14.5. The molecule has 0 saturated heterocycles. The molecule has 2 nitrogen and oxygen atoms in total. The largest absolute Gasteiger partial charge is 0.481 e. The van der Waals surface area contributed by atoms with Crippen LogP contribution in [0.15, 0.2) is 0 Å². The summed E-state index contributed by atoms with van der Waals surface area (Å²) >= 11 is 0. The molecular formula is C40H80O2. The maximum atomic E-state index is 12.8. The minimum Gasteiger partial charge on any atom is -0.481 e. The Labute approximate surface area is 266 Å². The fourth-order valence-electron chi connectivity index (χ4n) is 7.97. The molecule has 0 aromatic rings. The standard InChI is InChI=1S/C40H80O2/c1-7-13-18-24-31-39(32-25-19-14-8-2,33-26-20-15-9-3)37(12-6)30-23-29-36-40(38(41)42,34-27-21-16-10-4)35-28-22-17-11-5/h37H,7-36H2,1-6H3,(H,41,42). The molecule has 0 bridgehead atoms. The van der Waals surface area contributed by atoms with Crippen molar-refractivity contribution in [3.63, 3.8) is 0 Å². The van der Waals surface area contributed by atoms with E-state index < -0.39 is 11.4 Å². The van der Waals surface area contributed by atoms with Gasteiger partial charge < -0.3 is 5.11 Å². The first kappa shape index (κ1) is 41.5. The molecule has 0 aliphatic carbocycles. The molecular weight excluding hydrogens is 512 g/mol. The smallest absolute Gasteiger partial charge is 0.309 e. The third kappa shape index (κ3) is 18.3. The summed E-state index contributed by atoms with van der Waals surface area (Å²) in [7, 11) is 0. The van der Waals surface area contributed by atoms with Crippen molar-refractivity contribution in [2.24, 2.45) is 16.7 Å². The Bertz CT molecular complexity index is 539. The molecule has 0 heterocycles. The van der Waals surface area contributed by atoms with Gasteiger partial charge in [0.05, 0.1) is 5.41 Å². The fourth-order valence-corrected chi connectivity index (χ4v) is 7.97. The summed E-state index contributed by atoms with van der Waals surface area (Å²) in [6, 6.07) is 0. The second kappa shape index (κ2) is 28.0. The molecule has 0 fully saturated rings. The number of aliphatic carboxylic acids is 1. The maximum Gasteiger partial charge on any atom is 0.309 e. The fraction of sp³-hybridized carbons (Fsp3) is 0.975. The van der Waals surface area contributed by atoms with Crippen LogP contribution in [0.1, 0.15) is 234 Å². The van der Waals surface area contributed by atoms with E-state index in [1.807, 2.05) is 0 Å². The second-order valence-corrected chi connectivity index (χ2v) is 14.4. The first-order valence-electron chi connectivity index (χ1n) is 19.6. The van der Waals surface area contributed by atoms with Crippen LogP contribution in [0.3, 0.4) is 0 Å². The van der Waals surface area contributed by atoms with Crippen LogP contribution in [-0.4, -0.2) is 11.1 Å². The average Bonchev–Trinajstić information content (AvgIpc) is 2.99. The highest BCUT2D eigenvalue weighted by atomic mass is 16.4. The summed E-state index contributed by atoms with van der Waals surface area (Å²) in [4.78, 5) is 12.8. The number of carbonyl (C=O) groups is 1. The van der Waals surface area contributed by atoms with Crippen molar-refractivity contribution < 1.29 is 9.90 Å². The highest BCUT2D eigenvalue weighted by Crippen LogP contribution is 2.48. The van der Waals surface area contributed by atoms with Gasteiger partial charge in [-0.1, -0.05) is 189 Å². The molecule has 0 rings (SSSR count). The molecule has 0 aromatic heterocycles. The lowest BCUT2D eigenvalue weighted by atomic mass is 9.63. The van der Waals surface area contributed by atoms with Crippen LogP contribution in [0, 0.1) is 16.7 Å². The second-order valence-electron chi connectivity index (χ2n) is 14.4. The van der Waals surface area contributed by atoms with Gasteiger partial charge in [0.25, 0.3) is 0 Å². The zero-order chi connectivity index (χ0) is 31.4. The van der Waals surface area contributed by atoms with Gasteiger partial charge in [-0.2, -0.15) is 0 Å². The summed E-state index contributed by atoms with van der Waals surface area (Å²) in [6.45, 7) is 14.0. The van der Waals surface area contributed by atoms with E-state index in [1.54, 1.807) is 0 Å². The van der Waals surface area contributed by atoms with Gasteiger partial charge >= 0.3 is 5.97 Å². The molecule has 42 heavy (non-hydrogen) atoms. The quantitative estimate of drug-likeness (QED) is 0.0769. The van der Waals surface area contributed by atoms with Crippen molar-refractivity contribution in [2.75, 3.05) is 0 Å². The van der Waals surface area contributed by atoms with E-state index in [2.05, 4.69) is 41.5 Å². The Morgan fingerprint density at radius 3 is 1.05 bits per heavy atom. The number of carboxylic acid groups (broad SMARTS) is 1. The van der Waals surface area contributed by atoms with E-state index in [1.165, 1.54) is 154 Å². The number of unbranched alkanes of at least 4 members (excludes halogenated alkanes) is 16. The van der Waals surface area contributed by atoms with E-state index in [0.717, 1.165) is 44.4 Å². The van der Waals surface area contributed by atoms with Crippen molar-refractivity contribution >= 4 is 5.97 Å². The molecule has 0 amide bonds. The van der Waals surface area contributed by atoms with Crippen LogP contribution in [0.25, 0.3) is 0 Å². The normalized spacial score (nSPS) is 13.1. The zero-order valence-corrected chi connectivity index (χ0v) is 30.1. The maximum absolute atomic E-state index is 12.8. The highest BCUT2D eigenvalue weighted by Gasteiger charge is 2.38. The number of carboxylic acids is 1. The number of hydrogen-bond acceptors (Lipinski definition) is 1. The van der Waals surface area contributed by atoms with Crippen LogP contribution in [0.2, 0.25) is 0 Å². The predicted molar refractivity (Wildman–Crippen MR) is 189 cm³/mol. The van der Waals surface area contributed by atoms with E-state index in [-0.39, 0.29) is 0 Å². The Hall–Kier alpha value is -0.530. The summed E-state index contributed by atoms with van der Waals surface area (Å²) in [5.41, 5.74) is 0.0227. The van der Waals surface area contributed by atoms with Crippen molar-refractivity contribution in [1.82, 2.24) is 0 Å².